The SMILES string of the molecule is C/C=C(/c1nc(-c2ccccc2)nc(-c2ccccc2)n1)c1sc2c(C)csc2c1C.CC.Cc1ccccc1-c1cc(-c2ccccc2)ccc1C. The fraction of sp³-hybridized carbons (Fsp3) is 0.146. The highest BCUT2D eigenvalue weighted by molar-refractivity contribution is 7.28. The number of hydrogen-bond acceptors (Lipinski definition) is 5. The predicted molar refractivity (Wildman–Crippen MR) is 231 cm³/mol. The molecule has 0 aliphatic rings. The summed E-state index contributed by atoms with van der Waals surface area (Å²) < 4.78 is 2.72. The Bertz CT molecular complexity index is 2400. The number of aryl methyl sites for hydroxylation is 4. The average molecular weight is 728 g/mol. The lowest BCUT2D eigenvalue weighted by molar-refractivity contribution is 1.04. The Morgan fingerprint density at radius 2 is 1.04 bits per heavy atom. The molecule has 8 rings (SSSR count). The number of fused-ring (bicyclic) bond motifs is 1. The first-order valence-electron chi connectivity index (χ1n) is 18.1. The van der Waals surface area contributed by atoms with Crippen LogP contribution in [0.2, 0.25) is 0 Å². The molecule has 3 aromatic heterocycles. The third-order valence-corrected chi connectivity index (χ3v) is 11.9. The molecule has 0 atom stereocenters. The number of rotatable bonds is 6. The summed E-state index contributed by atoms with van der Waals surface area (Å²) in [4.78, 5) is 15.9. The molecular formula is C48H45N3S2. The Morgan fingerprint density at radius 1 is 0.509 bits per heavy atom. The van der Waals surface area contributed by atoms with E-state index in [2.05, 4.69) is 119 Å². The first-order valence-corrected chi connectivity index (χ1v) is 19.8. The van der Waals surface area contributed by atoms with Crippen molar-refractivity contribution in [2.24, 2.45) is 0 Å². The predicted octanol–water partition coefficient (Wildman–Crippen LogP) is 14.2. The molecule has 5 heteroatoms. The van der Waals surface area contributed by atoms with Crippen LogP contribution in [0.15, 0.2) is 145 Å². The van der Waals surface area contributed by atoms with Gasteiger partial charge in [-0.25, -0.2) is 15.0 Å². The van der Waals surface area contributed by atoms with Crippen LogP contribution < -0.4 is 0 Å². The lowest BCUT2D eigenvalue weighted by Crippen LogP contribution is -2.03. The Labute approximate surface area is 322 Å². The van der Waals surface area contributed by atoms with Gasteiger partial charge in [0.25, 0.3) is 0 Å². The first kappa shape index (κ1) is 37.3. The number of nitrogens with zero attached hydrogens (tertiary/aromatic N) is 3. The molecule has 3 heterocycles. The Kier molecular flexibility index (Phi) is 12.2. The number of benzene rings is 5. The van der Waals surface area contributed by atoms with E-state index >= 15 is 0 Å². The molecule has 0 aliphatic heterocycles. The minimum atomic E-state index is 0.691. The van der Waals surface area contributed by atoms with E-state index in [-0.39, 0.29) is 0 Å². The van der Waals surface area contributed by atoms with Gasteiger partial charge in [0.15, 0.2) is 17.5 Å². The molecule has 0 amide bonds. The number of aromatic nitrogens is 3. The van der Waals surface area contributed by atoms with Gasteiger partial charge in [-0.2, -0.15) is 0 Å². The second kappa shape index (κ2) is 17.4. The number of thiophene rings is 2. The lowest BCUT2D eigenvalue weighted by atomic mass is 9.93. The van der Waals surface area contributed by atoms with Crippen molar-refractivity contribution in [2.45, 2.75) is 48.5 Å². The second-order valence-corrected chi connectivity index (χ2v) is 14.5. The zero-order chi connectivity index (χ0) is 37.3. The minimum Gasteiger partial charge on any atom is -0.208 e. The van der Waals surface area contributed by atoms with Gasteiger partial charge in [-0.05, 0) is 90.6 Å². The van der Waals surface area contributed by atoms with E-state index in [1.807, 2.05) is 97.2 Å². The van der Waals surface area contributed by atoms with Gasteiger partial charge in [0, 0.05) is 31.0 Å². The highest BCUT2D eigenvalue weighted by Crippen LogP contribution is 2.42. The molecule has 0 saturated heterocycles. The van der Waals surface area contributed by atoms with Gasteiger partial charge < -0.3 is 0 Å². The average Bonchev–Trinajstić information content (AvgIpc) is 3.75. The van der Waals surface area contributed by atoms with Crippen molar-refractivity contribution >= 4 is 37.6 Å². The number of hydrogen-bond donors (Lipinski definition) is 0. The maximum Gasteiger partial charge on any atom is 0.165 e. The molecule has 3 nitrogen and oxygen atoms in total. The van der Waals surface area contributed by atoms with Crippen LogP contribution in [0.5, 0.6) is 0 Å². The standard InChI is InChI=1S/C26H21N3S2.C20H18.C2H6/c1-4-20(22-17(3)23-21(31-22)16(2)15-30-23)26-28-24(18-11-7-5-8-12-18)27-25(29-26)19-13-9-6-10-14-19;1-15-8-6-7-11-19(15)20-14-18(13-12-16(20)2)17-9-4-3-5-10-17;1-2/h4-15H,1-3H3;3-14H,1-2H3;1-2H3/b20-4+;;. The fourth-order valence-corrected chi connectivity index (χ4v) is 8.86. The van der Waals surface area contributed by atoms with Crippen LogP contribution in [0.1, 0.15) is 53.7 Å². The van der Waals surface area contributed by atoms with E-state index in [1.165, 1.54) is 58.8 Å². The van der Waals surface area contributed by atoms with Gasteiger partial charge in [-0.1, -0.05) is 147 Å². The maximum atomic E-state index is 4.91. The lowest BCUT2D eigenvalue weighted by Gasteiger charge is -2.12. The molecule has 53 heavy (non-hydrogen) atoms. The third kappa shape index (κ3) is 8.28. The molecule has 0 aliphatic carbocycles. The van der Waals surface area contributed by atoms with Crippen LogP contribution in [-0.4, -0.2) is 15.0 Å². The van der Waals surface area contributed by atoms with Gasteiger partial charge in [0.05, 0.1) is 0 Å². The van der Waals surface area contributed by atoms with Crippen molar-refractivity contribution < 1.29 is 0 Å². The van der Waals surface area contributed by atoms with Crippen molar-refractivity contribution in [1.82, 2.24) is 15.0 Å². The van der Waals surface area contributed by atoms with Gasteiger partial charge in [-0.15, -0.1) is 22.7 Å². The van der Waals surface area contributed by atoms with Crippen molar-refractivity contribution in [3.8, 4) is 45.0 Å². The summed E-state index contributed by atoms with van der Waals surface area (Å²) in [5, 5.41) is 2.23. The summed E-state index contributed by atoms with van der Waals surface area (Å²) in [7, 11) is 0. The highest BCUT2D eigenvalue weighted by atomic mass is 32.1. The van der Waals surface area contributed by atoms with Crippen molar-refractivity contribution in [2.75, 3.05) is 0 Å². The molecule has 0 N–H and O–H groups in total. The van der Waals surface area contributed by atoms with E-state index in [0.29, 0.717) is 17.5 Å². The third-order valence-electron chi connectivity index (χ3n) is 9.06. The van der Waals surface area contributed by atoms with Crippen LogP contribution in [0.3, 0.4) is 0 Å². The van der Waals surface area contributed by atoms with Crippen LogP contribution >= 0.6 is 22.7 Å². The monoisotopic (exact) mass is 727 g/mol. The summed E-state index contributed by atoms with van der Waals surface area (Å²) in [5.74, 6) is 2.09. The van der Waals surface area contributed by atoms with Crippen LogP contribution in [0, 0.1) is 27.7 Å². The van der Waals surface area contributed by atoms with Gasteiger partial charge in [0.1, 0.15) is 0 Å². The molecule has 5 aromatic carbocycles. The van der Waals surface area contributed by atoms with Crippen molar-refractivity contribution in [3.05, 3.63) is 178 Å². The maximum absolute atomic E-state index is 4.91. The Morgan fingerprint density at radius 3 is 1.58 bits per heavy atom. The summed E-state index contributed by atoms with van der Waals surface area (Å²) in [5.41, 5.74) is 13.5. The normalized spacial score (nSPS) is 11.0. The Balaban J connectivity index is 0.000000189. The van der Waals surface area contributed by atoms with Crippen LogP contribution in [0.25, 0.3) is 60.0 Å². The zero-order valence-corrected chi connectivity index (χ0v) is 33.1. The zero-order valence-electron chi connectivity index (χ0n) is 31.5. The van der Waals surface area contributed by atoms with E-state index in [4.69, 9.17) is 15.0 Å². The Hall–Kier alpha value is -5.49. The quantitative estimate of drug-likeness (QED) is 0.171. The second-order valence-electron chi connectivity index (χ2n) is 12.6. The van der Waals surface area contributed by atoms with Crippen molar-refractivity contribution in [3.63, 3.8) is 0 Å². The van der Waals surface area contributed by atoms with E-state index < -0.39 is 0 Å². The van der Waals surface area contributed by atoms with E-state index in [1.54, 1.807) is 0 Å². The molecule has 0 spiro atoms. The molecule has 0 saturated carbocycles. The molecule has 0 radical (unpaired) electrons. The van der Waals surface area contributed by atoms with Crippen molar-refractivity contribution in [1.29, 1.82) is 0 Å². The van der Waals surface area contributed by atoms with Crippen LogP contribution in [0.4, 0.5) is 0 Å². The summed E-state index contributed by atoms with van der Waals surface area (Å²) in [6, 6.07) is 46.0. The van der Waals surface area contributed by atoms with E-state index in [9.17, 15) is 0 Å². The molecule has 0 fully saturated rings. The largest absolute Gasteiger partial charge is 0.208 e. The molecule has 0 unspecified atom stereocenters. The van der Waals surface area contributed by atoms with Crippen LogP contribution in [-0.2, 0) is 0 Å². The first-order chi connectivity index (χ1) is 25.9. The summed E-state index contributed by atoms with van der Waals surface area (Å²) >= 11 is 3.64. The summed E-state index contributed by atoms with van der Waals surface area (Å²) in [6.07, 6.45) is 2.12. The molecule has 0 bridgehead atoms. The molecule has 8 aromatic rings. The van der Waals surface area contributed by atoms with Gasteiger partial charge in [-0.3, -0.25) is 0 Å². The number of allylic oxidation sites excluding steroid dienone is 1. The molecule has 264 valence electrons. The highest BCUT2D eigenvalue weighted by Gasteiger charge is 2.20. The minimum absolute atomic E-state index is 0.691. The fourth-order valence-electron chi connectivity index (χ4n) is 6.25. The van der Waals surface area contributed by atoms with Gasteiger partial charge in [0.2, 0.25) is 0 Å². The topological polar surface area (TPSA) is 38.7 Å². The van der Waals surface area contributed by atoms with Gasteiger partial charge >= 0.3 is 0 Å². The van der Waals surface area contributed by atoms with E-state index in [0.717, 1.165) is 16.7 Å². The smallest absolute Gasteiger partial charge is 0.165 e. The molecular weight excluding hydrogens is 683 g/mol. The summed E-state index contributed by atoms with van der Waals surface area (Å²) in [6.45, 7) is 14.8.